The van der Waals surface area contributed by atoms with E-state index in [1.807, 2.05) is 55.5 Å². The molecule has 4 rings (SSSR count). The highest BCUT2D eigenvalue weighted by Gasteiger charge is 2.12. The average Bonchev–Trinajstić information content (AvgIpc) is 2.67. The zero-order chi connectivity index (χ0) is 18.1. The van der Waals surface area contributed by atoms with Gasteiger partial charge in [-0.25, -0.2) is 0 Å². The molecule has 0 saturated heterocycles. The van der Waals surface area contributed by atoms with Crippen molar-refractivity contribution in [3.05, 3.63) is 75.8 Å². The fraction of sp³-hybridized carbons (Fsp3) is 0.136. The standard InChI is InChI=1S/C22H18O4/c1-3-25-15-9-7-14(8-10-15)13-20-22(23)17-11-12-18(24-2)16-5-4-6-19(26-20)21(16)17/h4-13H,3H2,1-2H3/b20-13+. The predicted octanol–water partition coefficient (Wildman–Crippen LogP) is 3.90. The monoisotopic (exact) mass is 346 g/mol. The molecule has 1 heterocycles. The highest BCUT2D eigenvalue weighted by atomic mass is 16.5. The molecule has 0 spiro atoms. The van der Waals surface area contributed by atoms with Crippen molar-refractivity contribution >= 4 is 27.8 Å². The van der Waals surface area contributed by atoms with Gasteiger partial charge in [0, 0.05) is 16.2 Å². The third kappa shape index (κ3) is 2.69. The summed E-state index contributed by atoms with van der Waals surface area (Å²) in [5, 5.41) is 2.29. The van der Waals surface area contributed by atoms with Crippen LogP contribution in [0.3, 0.4) is 0 Å². The quantitative estimate of drug-likeness (QED) is 0.562. The van der Waals surface area contributed by atoms with Gasteiger partial charge in [-0.3, -0.25) is 4.79 Å². The van der Waals surface area contributed by atoms with E-state index in [2.05, 4.69) is 0 Å². The molecule has 0 aliphatic carbocycles. The second-order valence-corrected chi connectivity index (χ2v) is 5.94. The first-order chi connectivity index (χ1) is 12.7. The Kier molecular flexibility index (Phi) is 4.09. The first-order valence-corrected chi connectivity index (χ1v) is 8.48. The van der Waals surface area contributed by atoms with Crippen LogP contribution < -0.4 is 20.3 Å². The lowest BCUT2D eigenvalue weighted by molar-refractivity contribution is 0.340. The first kappa shape index (κ1) is 16.2. The van der Waals surface area contributed by atoms with Gasteiger partial charge in [-0.2, -0.15) is 0 Å². The molecule has 0 saturated carbocycles. The average molecular weight is 346 g/mol. The molecule has 0 amide bonds. The van der Waals surface area contributed by atoms with E-state index >= 15 is 0 Å². The molecule has 4 nitrogen and oxygen atoms in total. The Morgan fingerprint density at radius 2 is 1.81 bits per heavy atom. The van der Waals surface area contributed by atoms with Crippen molar-refractivity contribution in [1.29, 1.82) is 0 Å². The number of benzene rings is 3. The number of hydrogen-bond donors (Lipinski definition) is 0. The van der Waals surface area contributed by atoms with E-state index in [0.29, 0.717) is 23.0 Å². The molecule has 4 heteroatoms. The van der Waals surface area contributed by atoms with Crippen molar-refractivity contribution in [2.24, 2.45) is 0 Å². The van der Waals surface area contributed by atoms with Crippen molar-refractivity contribution in [3.63, 3.8) is 0 Å². The summed E-state index contributed by atoms with van der Waals surface area (Å²) in [7, 11) is 1.62. The smallest absolute Gasteiger partial charge is 0.228 e. The summed E-state index contributed by atoms with van der Waals surface area (Å²) in [6.07, 6.45) is 1.75. The summed E-state index contributed by atoms with van der Waals surface area (Å²) in [5.74, 6) is 1.52. The molecule has 26 heavy (non-hydrogen) atoms. The minimum atomic E-state index is -0.134. The number of hydrogen-bond acceptors (Lipinski definition) is 4. The van der Waals surface area contributed by atoms with Gasteiger partial charge in [0.15, 0.2) is 5.42 Å². The Bertz CT molecular complexity index is 1190. The minimum Gasteiger partial charge on any atom is -0.496 e. The highest BCUT2D eigenvalue weighted by molar-refractivity contribution is 6.09. The second kappa shape index (κ2) is 6.56. The van der Waals surface area contributed by atoms with Crippen LogP contribution >= 0.6 is 0 Å². The van der Waals surface area contributed by atoms with Crippen LogP contribution in [-0.2, 0) is 0 Å². The molecule has 0 unspecified atom stereocenters. The van der Waals surface area contributed by atoms with Gasteiger partial charge in [0.1, 0.15) is 17.1 Å². The molecule has 4 aromatic rings. The molecule has 0 radical (unpaired) electrons. The summed E-state index contributed by atoms with van der Waals surface area (Å²) in [6.45, 7) is 2.56. The largest absolute Gasteiger partial charge is 0.496 e. The molecule has 0 bridgehead atoms. The van der Waals surface area contributed by atoms with Crippen molar-refractivity contribution in [2.75, 3.05) is 13.7 Å². The summed E-state index contributed by atoms with van der Waals surface area (Å²) in [5.41, 5.74) is 1.71. The van der Waals surface area contributed by atoms with Crippen LogP contribution in [0.4, 0.5) is 0 Å². The fourth-order valence-electron chi connectivity index (χ4n) is 3.17. The summed E-state index contributed by atoms with van der Waals surface area (Å²) >= 11 is 0. The normalized spacial score (nSPS) is 12.0. The van der Waals surface area contributed by atoms with E-state index in [-0.39, 0.29) is 5.43 Å². The molecular formula is C22H18O4. The first-order valence-electron chi connectivity index (χ1n) is 8.48. The lowest BCUT2D eigenvalue weighted by atomic mass is 10.0. The molecule has 0 aliphatic rings. The molecule has 0 fully saturated rings. The van der Waals surface area contributed by atoms with Crippen LogP contribution in [0.5, 0.6) is 11.5 Å². The Hall–Kier alpha value is -3.27. The van der Waals surface area contributed by atoms with Gasteiger partial charge in [-0.1, -0.05) is 24.3 Å². The Balaban J connectivity index is 1.94. The molecule has 0 N–H and O–H groups in total. The van der Waals surface area contributed by atoms with Crippen LogP contribution in [0.2, 0.25) is 0 Å². The Labute approximate surface area is 150 Å². The summed E-state index contributed by atoms with van der Waals surface area (Å²) in [6, 6.07) is 16.9. The van der Waals surface area contributed by atoms with Crippen molar-refractivity contribution < 1.29 is 13.9 Å². The lowest BCUT2D eigenvalue weighted by Crippen LogP contribution is -2.24. The van der Waals surface area contributed by atoms with E-state index in [9.17, 15) is 4.79 Å². The lowest BCUT2D eigenvalue weighted by Gasteiger charge is -2.08. The van der Waals surface area contributed by atoms with E-state index in [1.54, 1.807) is 19.3 Å². The van der Waals surface area contributed by atoms with Gasteiger partial charge in [-0.05, 0) is 48.9 Å². The summed E-state index contributed by atoms with van der Waals surface area (Å²) in [4.78, 5) is 12.9. The zero-order valence-corrected chi connectivity index (χ0v) is 14.6. The third-order valence-corrected chi connectivity index (χ3v) is 4.36. The topological polar surface area (TPSA) is 48.7 Å². The molecule has 3 aromatic carbocycles. The Morgan fingerprint density at radius 1 is 1.00 bits per heavy atom. The van der Waals surface area contributed by atoms with E-state index in [4.69, 9.17) is 13.9 Å². The van der Waals surface area contributed by atoms with Gasteiger partial charge in [-0.15, -0.1) is 0 Å². The maximum Gasteiger partial charge on any atom is 0.228 e. The van der Waals surface area contributed by atoms with Crippen LogP contribution in [0.15, 0.2) is 63.8 Å². The molecular weight excluding hydrogens is 328 g/mol. The van der Waals surface area contributed by atoms with Gasteiger partial charge in [0.25, 0.3) is 0 Å². The van der Waals surface area contributed by atoms with Gasteiger partial charge in [0.05, 0.1) is 13.7 Å². The van der Waals surface area contributed by atoms with E-state index in [1.165, 1.54) is 0 Å². The molecule has 130 valence electrons. The Morgan fingerprint density at radius 3 is 2.54 bits per heavy atom. The number of methoxy groups -OCH3 is 1. The van der Waals surface area contributed by atoms with Gasteiger partial charge < -0.3 is 13.9 Å². The molecule has 0 atom stereocenters. The highest BCUT2D eigenvalue weighted by Crippen LogP contribution is 2.31. The van der Waals surface area contributed by atoms with Gasteiger partial charge >= 0.3 is 0 Å². The molecule has 0 aliphatic heterocycles. The fourth-order valence-corrected chi connectivity index (χ4v) is 3.17. The second-order valence-electron chi connectivity index (χ2n) is 5.94. The van der Waals surface area contributed by atoms with Crippen molar-refractivity contribution in [2.45, 2.75) is 6.92 Å². The van der Waals surface area contributed by atoms with Crippen molar-refractivity contribution in [1.82, 2.24) is 0 Å². The van der Waals surface area contributed by atoms with Crippen molar-refractivity contribution in [3.8, 4) is 11.5 Å². The minimum absolute atomic E-state index is 0.134. The van der Waals surface area contributed by atoms with Crippen LogP contribution in [0.1, 0.15) is 12.5 Å². The predicted molar refractivity (Wildman–Crippen MR) is 103 cm³/mol. The van der Waals surface area contributed by atoms with Crippen LogP contribution in [0.25, 0.3) is 27.8 Å². The third-order valence-electron chi connectivity index (χ3n) is 4.36. The molecule has 1 aromatic heterocycles. The van der Waals surface area contributed by atoms with E-state index < -0.39 is 0 Å². The number of ether oxygens (including phenoxy) is 2. The van der Waals surface area contributed by atoms with Crippen LogP contribution in [-0.4, -0.2) is 13.7 Å². The van der Waals surface area contributed by atoms with E-state index in [0.717, 1.165) is 27.8 Å². The maximum absolute atomic E-state index is 12.9. The van der Waals surface area contributed by atoms with Crippen LogP contribution in [0, 0.1) is 0 Å². The summed E-state index contributed by atoms with van der Waals surface area (Å²) < 4.78 is 16.8. The number of rotatable bonds is 4. The SMILES string of the molecule is CCOc1ccc(/C=c2/oc3cccc4c(OC)ccc(c2=O)c34)cc1. The maximum atomic E-state index is 12.9. The zero-order valence-electron chi connectivity index (χ0n) is 14.6. The van der Waals surface area contributed by atoms with Gasteiger partial charge in [0.2, 0.25) is 5.43 Å².